The monoisotopic (exact) mass is 223 g/mol. The lowest BCUT2D eigenvalue weighted by atomic mass is 10.3. The molecular weight excluding hydrogens is 210 g/mol. The summed E-state index contributed by atoms with van der Waals surface area (Å²) in [6, 6.07) is 1.55. The Morgan fingerprint density at radius 2 is 2.44 bits per heavy atom. The van der Waals surface area contributed by atoms with Gasteiger partial charge in [-0.05, 0) is 13.8 Å². The lowest BCUT2D eigenvalue weighted by Crippen LogP contribution is -2.21. The fourth-order valence-corrected chi connectivity index (χ4v) is 1.47. The van der Waals surface area contributed by atoms with Crippen LogP contribution in [0.4, 0.5) is 5.82 Å². The molecule has 0 radical (unpaired) electrons. The van der Waals surface area contributed by atoms with Gasteiger partial charge in [0.05, 0.1) is 6.61 Å². The predicted molar refractivity (Wildman–Crippen MR) is 58.5 cm³/mol. The van der Waals surface area contributed by atoms with Gasteiger partial charge < -0.3 is 10.4 Å². The highest BCUT2D eigenvalue weighted by Crippen LogP contribution is 2.08. The number of aryl methyl sites for hydroxylation is 1. The van der Waals surface area contributed by atoms with Crippen molar-refractivity contribution in [2.45, 2.75) is 19.9 Å². The van der Waals surface area contributed by atoms with Gasteiger partial charge in [0.2, 0.25) is 0 Å². The first-order valence-electron chi connectivity index (χ1n) is 4.94. The van der Waals surface area contributed by atoms with Gasteiger partial charge in [0.1, 0.15) is 11.6 Å². The lowest BCUT2D eigenvalue weighted by molar-refractivity contribution is 0.281. The highest BCUT2D eigenvalue weighted by molar-refractivity contribution is 5.49. The molecule has 16 heavy (non-hydrogen) atoms. The predicted octanol–water partition coefficient (Wildman–Crippen LogP) is -0.481. The van der Waals surface area contributed by atoms with E-state index in [9.17, 15) is 4.79 Å². The third kappa shape index (κ3) is 1.76. The van der Waals surface area contributed by atoms with E-state index >= 15 is 0 Å². The van der Waals surface area contributed by atoms with Crippen LogP contribution in [0.15, 0.2) is 10.9 Å². The Morgan fingerprint density at radius 3 is 3.12 bits per heavy atom. The molecule has 7 nitrogen and oxygen atoms in total. The Bertz CT molecular complexity index is 559. The van der Waals surface area contributed by atoms with Crippen molar-refractivity contribution in [3.63, 3.8) is 0 Å². The normalized spacial score (nSPS) is 12.9. The minimum atomic E-state index is -0.304. The molecule has 0 aliphatic carbocycles. The van der Waals surface area contributed by atoms with Crippen LogP contribution in [0.1, 0.15) is 12.7 Å². The van der Waals surface area contributed by atoms with Crippen molar-refractivity contribution in [1.29, 1.82) is 0 Å². The first-order valence-corrected chi connectivity index (χ1v) is 4.94. The van der Waals surface area contributed by atoms with E-state index in [4.69, 9.17) is 5.11 Å². The SMILES string of the molecule is Cc1nc(NC(C)CO)cc2n[nH]c(=O)n12. The number of nitrogens with zero attached hydrogens (tertiary/aromatic N) is 3. The molecule has 3 N–H and O–H groups in total. The van der Waals surface area contributed by atoms with E-state index < -0.39 is 0 Å². The molecule has 2 heterocycles. The molecule has 2 aromatic heterocycles. The van der Waals surface area contributed by atoms with Gasteiger partial charge in [-0.1, -0.05) is 0 Å². The summed E-state index contributed by atoms with van der Waals surface area (Å²) in [5.41, 5.74) is 0.201. The smallest absolute Gasteiger partial charge is 0.349 e. The summed E-state index contributed by atoms with van der Waals surface area (Å²) in [7, 11) is 0. The van der Waals surface area contributed by atoms with Gasteiger partial charge in [0.25, 0.3) is 0 Å². The fraction of sp³-hybridized carbons (Fsp3) is 0.444. The van der Waals surface area contributed by atoms with Gasteiger partial charge in [-0.15, -0.1) is 0 Å². The Hall–Kier alpha value is -1.89. The Kier molecular flexibility index (Phi) is 2.61. The molecule has 2 rings (SSSR count). The van der Waals surface area contributed by atoms with Crippen molar-refractivity contribution in [3.05, 3.63) is 22.4 Å². The van der Waals surface area contributed by atoms with Crippen molar-refractivity contribution >= 4 is 11.5 Å². The standard InChI is InChI=1S/C9H13N5O2/c1-5(4-15)10-7-3-8-12-13-9(16)14(8)6(2)11-7/h3,5,10,15H,4H2,1-2H3,(H,13,16). The zero-order valence-electron chi connectivity index (χ0n) is 9.06. The quantitative estimate of drug-likeness (QED) is 0.653. The van der Waals surface area contributed by atoms with Crippen LogP contribution in [-0.4, -0.2) is 37.3 Å². The first kappa shape index (κ1) is 10.6. The number of fused-ring (bicyclic) bond motifs is 1. The minimum absolute atomic E-state index is 0.0132. The van der Waals surface area contributed by atoms with Crippen molar-refractivity contribution in [3.8, 4) is 0 Å². The lowest BCUT2D eigenvalue weighted by Gasteiger charge is -2.11. The number of aliphatic hydroxyl groups is 1. The number of nitrogens with one attached hydrogen (secondary N) is 2. The van der Waals surface area contributed by atoms with Crippen molar-refractivity contribution < 1.29 is 5.11 Å². The van der Waals surface area contributed by atoms with Crippen LogP contribution in [0.5, 0.6) is 0 Å². The molecular formula is C9H13N5O2. The van der Waals surface area contributed by atoms with Crippen molar-refractivity contribution in [1.82, 2.24) is 19.6 Å². The summed E-state index contributed by atoms with van der Waals surface area (Å²) in [6.07, 6.45) is 0. The van der Waals surface area contributed by atoms with E-state index in [-0.39, 0.29) is 18.3 Å². The summed E-state index contributed by atoms with van der Waals surface area (Å²) in [4.78, 5) is 15.5. The molecule has 1 unspecified atom stereocenters. The number of aromatic amines is 1. The third-order valence-electron chi connectivity index (χ3n) is 2.24. The number of hydrogen-bond acceptors (Lipinski definition) is 5. The molecule has 0 saturated carbocycles. The Balaban J connectivity index is 2.46. The van der Waals surface area contributed by atoms with Crippen LogP contribution in [0.3, 0.4) is 0 Å². The molecule has 0 spiro atoms. The summed E-state index contributed by atoms with van der Waals surface area (Å²) < 4.78 is 1.38. The van der Waals surface area contributed by atoms with Gasteiger partial charge in [-0.2, -0.15) is 5.10 Å². The molecule has 0 bridgehead atoms. The Morgan fingerprint density at radius 1 is 1.69 bits per heavy atom. The van der Waals surface area contributed by atoms with Crippen LogP contribution >= 0.6 is 0 Å². The third-order valence-corrected chi connectivity index (χ3v) is 2.24. The maximum absolute atomic E-state index is 11.3. The van der Waals surface area contributed by atoms with E-state index in [1.165, 1.54) is 4.40 Å². The summed E-state index contributed by atoms with van der Waals surface area (Å²) >= 11 is 0. The highest BCUT2D eigenvalue weighted by atomic mass is 16.3. The van der Waals surface area contributed by atoms with Gasteiger partial charge in [-0.25, -0.2) is 19.3 Å². The molecule has 86 valence electrons. The maximum Gasteiger partial charge on any atom is 0.349 e. The van der Waals surface area contributed by atoms with E-state index in [1.807, 2.05) is 6.92 Å². The highest BCUT2D eigenvalue weighted by Gasteiger charge is 2.08. The number of H-pyrrole nitrogens is 1. The first-order chi connectivity index (χ1) is 7.61. The number of rotatable bonds is 3. The largest absolute Gasteiger partial charge is 0.394 e. The second-order valence-corrected chi connectivity index (χ2v) is 3.64. The zero-order chi connectivity index (χ0) is 11.7. The van der Waals surface area contributed by atoms with Crippen molar-refractivity contribution in [2.75, 3.05) is 11.9 Å². The average Bonchev–Trinajstić information content (AvgIpc) is 2.60. The molecule has 0 aromatic carbocycles. The number of hydrogen-bond donors (Lipinski definition) is 3. The molecule has 7 heteroatoms. The molecule has 0 amide bonds. The number of anilines is 1. The fourth-order valence-electron chi connectivity index (χ4n) is 1.47. The van der Waals surface area contributed by atoms with Crippen LogP contribution in [0.25, 0.3) is 5.65 Å². The van der Waals surface area contributed by atoms with Crippen LogP contribution < -0.4 is 11.0 Å². The molecule has 0 aliphatic rings. The molecule has 0 fully saturated rings. The average molecular weight is 223 g/mol. The van der Waals surface area contributed by atoms with E-state index in [2.05, 4.69) is 20.5 Å². The summed E-state index contributed by atoms with van der Waals surface area (Å²) in [5, 5.41) is 18.1. The summed E-state index contributed by atoms with van der Waals surface area (Å²) in [5.74, 6) is 1.13. The molecule has 0 saturated heterocycles. The van der Waals surface area contributed by atoms with E-state index in [0.717, 1.165) is 0 Å². The van der Waals surface area contributed by atoms with Gasteiger partial charge in [-0.3, -0.25) is 0 Å². The number of aliphatic hydroxyl groups excluding tert-OH is 1. The molecule has 0 aliphatic heterocycles. The van der Waals surface area contributed by atoms with Gasteiger partial charge in [0.15, 0.2) is 5.65 Å². The minimum Gasteiger partial charge on any atom is -0.394 e. The molecule has 2 aromatic rings. The number of aromatic nitrogens is 4. The zero-order valence-corrected chi connectivity index (χ0v) is 9.06. The van der Waals surface area contributed by atoms with E-state index in [1.54, 1.807) is 13.0 Å². The van der Waals surface area contributed by atoms with Crippen LogP contribution in [-0.2, 0) is 0 Å². The van der Waals surface area contributed by atoms with Gasteiger partial charge >= 0.3 is 5.69 Å². The van der Waals surface area contributed by atoms with Gasteiger partial charge in [0, 0.05) is 12.1 Å². The van der Waals surface area contributed by atoms with E-state index in [0.29, 0.717) is 17.3 Å². The van der Waals surface area contributed by atoms with Crippen molar-refractivity contribution in [2.24, 2.45) is 0 Å². The topological polar surface area (TPSA) is 95.3 Å². The Labute approximate surface area is 91.1 Å². The summed E-state index contributed by atoms with van der Waals surface area (Å²) in [6.45, 7) is 3.57. The van der Waals surface area contributed by atoms with Crippen LogP contribution in [0, 0.1) is 6.92 Å². The molecule has 1 atom stereocenters. The maximum atomic E-state index is 11.3. The second-order valence-electron chi connectivity index (χ2n) is 3.64. The van der Waals surface area contributed by atoms with Crippen LogP contribution in [0.2, 0.25) is 0 Å². The second kappa shape index (κ2) is 3.93.